The summed E-state index contributed by atoms with van der Waals surface area (Å²) >= 11 is 1.63. The van der Waals surface area contributed by atoms with E-state index in [1.54, 1.807) is 18.0 Å². The highest BCUT2D eigenvalue weighted by Gasteiger charge is 2.27. The van der Waals surface area contributed by atoms with Crippen molar-refractivity contribution in [1.29, 1.82) is 0 Å². The van der Waals surface area contributed by atoms with Gasteiger partial charge in [0.1, 0.15) is 5.76 Å². The zero-order valence-electron chi connectivity index (χ0n) is 15.0. The molecular formula is C20H26N2O2S. The molecule has 0 N–H and O–H groups in total. The van der Waals surface area contributed by atoms with Gasteiger partial charge in [0, 0.05) is 10.9 Å². The van der Waals surface area contributed by atoms with Crippen molar-refractivity contribution >= 4 is 17.7 Å². The molecule has 2 heterocycles. The first-order chi connectivity index (χ1) is 12.1. The zero-order chi connectivity index (χ0) is 17.6. The number of thioether (sulfide) groups is 1. The number of carbonyl (C=O) groups is 1. The molecule has 1 aliphatic rings. The first-order valence-electron chi connectivity index (χ1n) is 8.82. The number of hydrogen-bond acceptors (Lipinski definition) is 4. The van der Waals surface area contributed by atoms with Gasteiger partial charge in [-0.15, -0.1) is 11.8 Å². The molecule has 3 rings (SSSR count). The number of piperidine rings is 1. The van der Waals surface area contributed by atoms with Crippen molar-refractivity contribution in [3.05, 3.63) is 54.0 Å². The largest absolute Gasteiger partial charge is 0.467 e. The summed E-state index contributed by atoms with van der Waals surface area (Å²) in [5.74, 6) is 1.52. The predicted molar refractivity (Wildman–Crippen MR) is 102 cm³/mol. The maximum atomic E-state index is 13.0. The molecule has 134 valence electrons. The molecule has 1 aliphatic heterocycles. The van der Waals surface area contributed by atoms with Crippen molar-refractivity contribution in [3.63, 3.8) is 0 Å². The van der Waals surface area contributed by atoms with Crippen molar-refractivity contribution in [1.82, 2.24) is 9.80 Å². The normalized spacial score (nSPS) is 16.1. The van der Waals surface area contributed by atoms with E-state index in [4.69, 9.17) is 4.42 Å². The first kappa shape index (κ1) is 18.1. The van der Waals surface area contributed by atoms with Crippen LogP contribution < -0.4 is 0 Å². The number of hydrogen-bond donors (Lipinski definition) is 0. The van der Waals surface area contributed by atoms with E-state index < -0.39 is 0 Å². The van der Waals surface area contributed by atoms with Crippen LogP contribution in [0.1, 0.15) is 24.2 Å². The van der Waals surface area contributed by atoms with Crippen LogP contribution in [0.5, 0.6) is 0 Å². The van der Waals surface area contributed by atoms with Gasteiger partial charge in [0.15, 0.2) is 0 Å². The summed E-state index contributed by atoms with van der Waals surface area (Å²) in [7, 11) is 2.14. The number of carbonyl (C=O) groups excluding carboxylic acids is 1. The Hall–Kier alpha value is -1.72. The number of amides is 1. The van der Waals surface area contributed by atoms with E-state index >= 15 is 0 Å². The topological polar surface area (TPSA) is 36.7 Å². The fourth-order valence-corrected chi connectivity index (χ4v) is 4.15. The molecule has 1 aromatic heterocycles. The molecule has 25 heavy (non-hydrogen) atoms. The quantitative estimate of drug-likeness (QED) is 0.736. The van der Waals surface area contributed by atoms with Gasteiger partial charge in [0.2, 0.25) is 5.91 Å². The van der Waals surface area contributed by atoms with Crippen LogP contribution >= 0.6 is 11.8 Å². The highest BCUT2D eigenvalue weighted by Crippen LogP contribution is 2.25. The van der Waals surface area contributed by atoms with E-state index in [2.05, 4.69) is 31.0 Å². The van der Waals surface area contributed by atoms with Gasteiger partial charge in [0.25, 0.3) is 0 Å². The summed E-state index contributed by atoms with van der Waals surface area (Å²) in [6.07, 6.45) is 3.73. The van der Waals surface area contributed by atoms with Gasteiger partial charge < -0.3 is 14.2 Å². The highest BCUT2D eigenvalue weighted by molar-refractivity contribution is 8.00. The maximum Gasteiger partial charge on any atom is 0.233 e. The number of likely N-dealkylation sites (tertiary alicyclic amines) is 1. The summed E-state index contributed by atoms with van der Waals surface area (Å²) < 4.78 is 5.50. The van der Waals surface area contributed by atoms with Crippen molar-refractivity contribution in [2.24, 2.45) is 0 Å². The summed E-state index contributed by atoms with van der Waals surface area (Å²) in [4.78, 5) is 18.5. The van der Waals surface area contributed by atoms with Crippen LogP contribution in [-0.2, 0) is 11.3 Å². The molecule has 0 radical (unpaired) electrons. The molecule has 1 aromatic carbocycles. The van der Waals surface area contributed by atoms with Crippen LogP contribution in [0.4, 0.5) is 0 Å². The average molecular weight is 359 g/mol. The second-order valence-electron chi connectivity index (χ2n) is 6.69. The minimum Gasteiger partial charge on any atom is -0.467 e. The zero-order valence-corrected chi connectivity index (χ0v) is 15.8. The summed E-state index contributed by atoms with van der Waals surface area (Å²) in [6, 6.07) is 12.4. The fourth-order valence-electron chi connectivity index (χ4n) is 3.24. The van der Waals surface area contributed by atoms with E-state index in [0.29, 0.717) is 18.3 Å². The Morgan fingerprint density at radius 1 is 1.24 bits per heavy atom. The summed E-state index contributed by atoms with van der Waals surface area (Å²) in [6.45, 7) is 4.73. The summed E-state index contributed by atoms with van der Waals surface area (Å²) in [5, 5.41) is 0. The molecule has 0 atom stereocenters. The third-order valence-electron chi connectivity index (χ3n) is 4.80. The van der Waals surface area contributed by atoms with E-state index in [9.17, 15) is 4.79 Å². The predicted octanol–water partition coefficient (Wildman–Crippen LogP) is 3.80. The molecule has 1 fully saturated rings. The average Bonchev–Trinajstić information content (AvgIpc) is 3.13. The molecule has 4 nitrogen and oxygen atoms in total. The molecule has 0 spiro atoms. The minimum absolute atomic E-state index is 0.194. The van der Waals surface area contributed by atoms with Gasteiger partial charge in [-0.2, -0.15) is 0 Å². The van der Waals surface area contributed by atoms with Crippen LogP contribution in [0.3, 0.4) is 0 Å². The van der Waals surface area contributed by atoms with Crippen LogP contribution in [-0.4, -0.2) is 47.6 Å². The molecule has 5 heteroatoms. The lowest BCUT2D eigenvalue weighted by Crippen LogP contribution is -2.46. The number of rotatable bonds is 6. The lowest BCUT2D eigenvalue weighted by molar-refractivity contribution is -0.132. The van der Waals surface area contributed by atoms with Crippen LogP contribution in [0.2, 0.25) is 0 Å². The minimum atomic E-state index is 0.194. The Morgan fingerprint density at radius 3 is 2.68 bits per heavy atom. The highest BCUT2D eigenvalue weighted by atomic mass is 32.2. The number of nitrogens with zero attached hydrogens (tertiary/aromatic N) is 2. The molecular weight excluding hydrogens is 332 g/mol. The number of aryl methyl sites for hydroxylation is 1. The first-order valence-corrected chi connectivity index (χ1v) is 9.81. The lowest BCUT2D eigenvalue weighted by Gasteiger charge is -2.37. The Bertz CT molecular complexity index is 679. The second-order valence-corrected chi connectivity index (χ2v) is 7.71. The van der Waals surface area contributed by atoms with E-state index in [1.165, 1.54) is 10.5 Å². The van der Waals surface area contributed by atoms with Crippen LogP contribution in [0.25, 0.3) is 0 Å². The van der Waals surface area contributed by atoms with E-state index in [0.717, 1.165) is 31.7 Å². The third kappa shape index (κ3) is 4.89. The molecule has 0 unspecified atom stereocenters. The van der Waals surface area contributed by atoms with Crippen molar-refractivity contribution in [3.8, 4) is 0 Å². The van der Waals surface area contributed by atoms with Gasteiger partial charge in [-0.05, 0) is 63.7 Å². The van der Waals surface area contributed by atoms with Crippen LogP contribution in [0.15, 0.2) is 52.0 Å². The SMILES string of the molecule is Cc1ccccc1SCC(=O)N(Cc1ccco1)C1CCN(C)CC1. The Balaban J connectivity index is 1.67. The fraction of sp³-hybridized carbons (Fsp3) is 0.450. The molecule has 1 amide bonds. The Morgan fingerprint density at radius 2 is 2.00 bits per heavy atom. The van der Waals surface area contributed by atoms with Crippen molar-refractivity contribution < 1.29 is 9.21 Å². The monoisotopic (exact) mass is 358 g/mol. The van der Waals surface area contributed by atoms with Crippen molar-refractivity contribution in [2.45, 2.75) is 37.2 Å². The third-order valence-corrected chi connectivity index (χ3v) is 5.96. The second kappa shape index (κ2) is 8.59. The number of benzene rings is 1. The molecule has 0 bridgehead atoms. The molecule has 1 saturated heterocycles. The van der Waals surface area contributed by atoms with Gasteiger partial charge in [-0.3, -0.25) is 4.79 Å². The van der Waals surface area contributed by atoms with Gasteiger partial charge >= 0.3 is 0 Å². The van der Waals surface area contributed by atoms with E-state index in [-0.39, 0.29) is 5.91 Å². The smallest absolute Gasteiger partial charge is 0.233 e. The molecule has 0 aliphatic carbocycles. The lowest BCUT2D eigenvalue weighted by atomic mass is 10.0. The van der Waals surface area contributed by atoms with Gasteiger partial charge in [-0.25, -0.2) is 0 Å². The van der Waals surface area contributed by atoms with E-state index in [1.807, 2.05) is 29.2 Å². The number of furan rings is 1. The maximum absolute atomic E-state index is 13.0. The summed E-state index contributed by atoms with van der Waals surface area (Å²) in [5.41, 5.74) is 1.22. The standard InChI is InChI=1S/C20H26N2O2S/c1-16-6-3-4-8-19(16)25-15-20(23)22(14-18-7-5-13-24-18)17-9-11-21(2)12-10-17/h3-8,13,17H,9-12,14-15H2,1-2H3. The van der Waals surface area contributed by atoms with Gasteiger partial charge in [-0.1, -0.05) is 18.2 Å². The van der Waals surface area contributed by atoms with Gasteiger partial charge in [0.05, 0.1) is 18.6 Å². The van der Waals surface area contributed by atoms with Crippen molar-refractivity contribution in [2.75, 3.05) is 25.9 Å². The molecule has 0 saturated carbocycles. The Labute approximate surface area is 154 Å². The van der Waals surface area contributed by atoms with Crippen LogP contribution in [0, 0.1) is 6.92 Å². The Kier molecular flexibility index (Phi) is 6.21. The molecule has 2 aromatic rings.